The fourth-order valence-electron chi connectivity index (χ4n) is 2.36. The van der Waals surface area contributed by atoms with Gasteiger partial charge in [0.25, 0.3) is 0 Å². The van der Waals surface area contributed by atoms with E-state index in [9.17, 15) is 13.6 Å². The number of rotatable bonds is 1. The molecule has 1 unspecified atom stereocenters. The molecule has 1 saturated carbocycles. The van der Waals surface area contributed by atoms with Gasteiger partial charge in [-0.1, -0.05) is 6.42 Å². The minimum atomic E-state index is -0.565. The Morgan fingerprint density at radius 3 is 2.76 bits per heavy atom. The highest BCUT2D eigenvalue weighted by atomic mass is 79.9. The molecule has 1 fully saturated rings. The summed E-state index contributed by atoms with van der Waals surface area (Å²) in [6.07, 6.45) is 3.14. The predicted octanol–water partition coefficient (Wildman–Crippen LogP) is 4.34. The number of ketones is 1. The second kappa shape index (κ2) is 5.25. The first-order valence-electron chi connectivity index (χ1n) is 5.74. The average molecular weight is 303 g/mol. The number of benzene rings is 1. The molecule has 0 amide bonds. The maximum absolute atomic E-state index is 13.9. The van der Waals surface area contributed by atoms with Crippen LogP contribution in [0, 0.1) is 11.6 Å². The molecule has 1 aliphatic rings. The van der Waals surface area contributed by atoms with Gasteiger partial charge in [0.2, 0.25) is 0 Å². The molecule has 0 saturated heterocycles. The Balaban J connectivity index is 2.38. The molecule has 1 aliphatic carbocycles. The fourth-order valence-corrected chi connectivity index (χ4v) is 2.70. The van der Waals surface area contributed by atoms with Crippen molar-refractivity contribution in [1.82, 2.24) is 0 Å². The van der Waals surface area contributed by atoms with Crippen LogP contribution in [0.15, 0.2) is 16.6 Å². The van der Waals surface area contributed by atoms with Gasteiger partial charge >= 0.3 is 0 Å². The number of Topliss-reactive ketones (excluding diaryl/α,β-unsaturated/α-hetero) is 1. The summed E-state index contributed by atoms with van der Waals surface area (Å²) < 4.78 is 27.9. The molecule has 0 aromatic heterocycles. The lowest BCUT2D eigenvalue weighted by Gasteiger charge is -2.16. The molecule has 0 aliphatic heterocycles. The second-order valence-electron chi connectivity index (χ2n) is 4.44. The molecule has 4 heteroatoms. The van der Waals surface area contributed by atoms with E-state index in [0.29, 0.717) is 12.8 Å². The molecule has 0 spiro atoms. The van der Waals surface area contributed by atoms with E-state index in [1.165, 1.54) is 12.1 Å². The number of carbonyl (C=O) groups is 1. The summed E-state index contributed by atoms with van der Waals surface area (Å²) in [4.78, 5) is 11.5. The van der Waals surface area contributed by atoms with Gasteiger partial charge in [-0.3, -0.25) is 4.79 Å². The van der Waals surface area contributed by atoms with Crippen LogP contribution in [-0.2, 0) is 4.79 Å². The van der Waals surface area contributed by atoms with E-state index < -0.39 is 11.6 Å². The van der Waals surface area contributed by atoms with Gasteiger partial charge in [-0.05, 0) is 46.8 Å². The lowest BCUT2D eigenvalue weighted by atomic mass is 9.90. The Morgan fingerprint density at radius 2 is 2.00 bits per heavy atom. The molecular weight excluding hydrogens is 290 g/mol. The van der Waals surface area contributed by atoms with Crippen LogP contribution in [-0.4, -0.2) is 5.78 Å². The third-order valence-corrected chi connectivity index (χ3v) is 3.83. The highest BCUT2D eigenvalue weighted by molar-refractivity contribution is 9.10. The van der Waals surface area contributed by atoms with Crippen molar-refractivity contribution < 1.29 is 13.6 Å². The maximum atomic E-state index is 13.9. The van der Waals surface area contributed by atoms with Crippen LogP contribution in [0.25, 0.3) is 0 Å². The Morgan fingerprint density at radius 1 is 1.24 bits per heavy atom. The quantitative estimate of drug-likeness (QED) is 0.557. The summed E-state index contributed by atoms with van der Waals surface area (Å²) in [6.45, 7) is 0. The maximum Gasteiger partial charge on any atom is 0.143 e. The number of hydrogen-bond acceptors (Lipinski definition) is 1. The van der Waals surface area contributed by atoms with E-state index in [4.69, 9.17) is 0 Å². The summed E-state index contributed by atoms with van der Waals surface area (Å²) in [7, 11) is 0. The first-order chi connectivity index (χ1) is 8.09. The van der Waals surface area contributed by atoms with E-state index >= 15 is 0 Å². The third-order valence-electron chi connectivity index (χ3n) is 3.22. The van der Waals surface area contributed by atoms with Crippen molar-refractivity contribution in [3.8, 4) is 0 Å². The predicted molar refractivity (Wildman–Crippen MR) is 64.9 cm³/mol. The van der Waals surface area contributed by atoms with Gasteiger partial charge in [-0.2, -0.15) is 0 Å². The number of halogens is 3. The molecule has 0 bridgehead atoms. The van der Waals surface area contributed by atoms with Gasteiger partial charge < -0.3 is 0 Å². The molecule has 92 valence electrons. The number of carbonyl (C=O) groups excluding carboxylic acids is 1. The third kappa shape index (κ3) is 2.73. The molecule has 1 nitrogen and oxygen atoms in total. The normalized spacial score (nSPS) is 21.4. The molecule has 0 heterocycles. The first kappa shape index (κ1) is 12.7. The summed E-state index contributed by atoms with van der Waals surface area (Å²) in [5.41, 5.74) is 0.0645. The van der Waals surface area contributed by atoms with Crippen molar-refractivity contribution in [3.63, 3.8) is 0 Å². The standard InChI is InChI=1S/C13H13BrF2O/c14-10-5-6-11(15)12(13(10)16)8-3-1-2-4-9(17)7-8/h5-6,8H,1-4,7H2. The van der Waals surface area contributed by atoms with E-state index in [2.05, 4.69) is 15.9 Å². The smallest absolute Gasteiger partial charge is 0.143 e. The zero-order valence-corrected chi connectivity index (χ0v) is 10.9. The summed E-state index contributed by atoms with van der Waals surface area (Å²) >= 11 is 3.05. The summed E-state index contributed by atoms with van der Waals surface area (Å²) in [6, 6.07) is 2.60. The Labute approximate surface area is 107 Å². The van der Waals surface area contributed by atoms with Gasteiger partial charge in [0.15, 0.2) is 0 Å². The van der Waals surface area contributed by atoms with E-state index in [1.54, 1.807) is 0 Å². The van der Waals surface area contributed by atoms with Crippen LogP contribution in [0.5, 0.6) is 0 Å². The van der Waals surface area contributed by atoms with Crippen molar-refractivity contribution in [3.05, 3.63) is 33.8 Å². The van der Waals surface area contributed by atoms with E-state index in [0.717, 1.165) is 12.8 Å². The number of hydrogen-bond donors (Lipinski definition) is 0. The highest BCUT2D eigenvalue weighted by Crippen LogP contribution is 2.35. The minimum absolute atomic E-state index is 0.0645. The van der Waals surface area contributed by atoms with Gasteiger partial charge in [0, 0.05) is 18.4 Å². The zero-order valence-electron chi connectivity index (χ0n) is 9.31. The van der Waals surface area contributed by atoms with Gasteiger partial charge in [0.05, 0.1) is 4.47 Å². The van der Waals surface area contributed by atoms with Crippen molar-refractivity contribution in [2.75, 3.05) is 0 Å². The fraction of sp³-hybridized carbons (Fsp3) is 0.462. The molecule has 1 aromatic carbocycles. The van der Waals surface area contributed by atoms with Crippen LogP contribution in [0.2, 0.25) is 0 Å². The molecule has 1 aromatic rings. The van der Waals surface area contributed by atoms with Gasteiger partial charge in [-0.15, -0.1) is 0 Å². The monoisotopic (exact) mass is 302 g/mol. The lowest BCUT2D eigenvalue weighted by Crippen LogP contribution is -2.08. The molecule has 1 atom stereocenters. The van der Waals surface area contributed by atoms with Crippen molar-refractivity contribution in [1.29, 1.82) is 0 Å². The molecule has 17 heavy (non-hydrogen) atoms. The Bertz CT molecular complexity index is 445. The van der Waals surface area contributed by atoms with Crippen LogP contribution in [0.4, 0.5) is 8.78 Å². The summed E-state index contributed by atoms with van der Waals surface area (Å²) in [5, 5.41) is 0. The highest BCUT2D eigenvalue weighted by Gasteiger charge is 2.25. The molecule has 2 rings (SSSR count). The van der Waals surface area contributed by atoms with Crippen molar-refractivity contribution in [2.45, 2.75) is 38.0 Å². The van der Waals surface area contributed by atoms with Gasteiger partial charge in [0.1, 0.15) is 17.4 Å². The first-order valence-corrected chi connectivity index (χ1v) is 6.54. The van der Waals surface area contributed by atoms with Crippen LogP contribution < -0.4 is 0 Å². The SMILES string of the molecule is O=C1CCCCC(c2c(F)ccc(Br)c2F)C1. The molecule has 0 N–H and O–H groups in total. The van der Waals surface area contributed by atoms with Crippen LogP contribution in [0.1, 0.15) is 43.6 Å². The largest absolute Gasteiger partial charge is 0.300 e. The minimum Gasteiger partial charge on any atom is -0.300 e. The zero-order chi connectivity index (χ0) is 12.4. The topological polar surface area (TPSA) is 17.1 Å². The van der Waals surface area contributed by atoms with Crippen molar-refractivity contribution in [2.24, 2.45) is 0 Å². The second-order valence-corrected chi connectivity index (χ2v) is 5.30. The molecular formula is C13H13BrF2O. The van der Waals surface area contributed by atoms with E-state index in [-0.39, 0.29) is 28.2 Å². The van der Waals surface area contributed by atoms with Crippen LogP contribution >= 0.6 is 15.9 Å². The average Bonchev–Trinajstić information content (AvgIpc) is 2.49. The van der Waals surface area contributed by atoms with Crippen LogP contribution in [0.3, 0.4) is 0 Å². The van der Waals surface area contributed by atoms with E-state index in [1.807, 2.05) is 0 Å². The van der Waals surface area contributed by atoms with Crippen molar-refractivity contribution >= 4 is 21.7 Å². The molecule has 0 radical (unpaired) electrons. The summed E-state index contributed by atoms with van der Waals surface area (Å²) in [5.74, 6) is -1.33. The Kier molecular flexibility index (Phi) is 3.92. The lowest BCUT2D eigenvalue weighted by molar-refractivity contribution is -0.119. The van der Waals surface area contributed by atoms with Gasteiger partial charge in [-0.25, -0.2) is 8.78 Å². The Hall–Kier alpha value is -0.770.